The number of thiazole rings is 1. The van der Waals surface area contributed by atoms with Crippen molar-refractivity contribution in [2.24, 2.45) is 0 Å². The predicted molar refractivity (Wildman–Crippen MR) is 80.1 cm³/mol. The minimum atomic E-state index is -1.13. The fourth-order valence-corrected chi connectivity index (χ4v) is 2.71. The number of hydrogen-bond donors (Lipinski definition) is 1. The fraction of sp³-hybridized carbons (Fsp3) is 0.286. The Morgan fingerprint density at radius 2 is 1.90 bits per heavy atom. The molecule has 0 aliphatic carbocycles. The van der Waals surface area contributed by atoms with Crippen LogP contribution in [0.1, 0.15) is 36.8 Å². The average Bonchev–Trinajstić information content (AvgIpc) is 2.82. The Bertz CT molecular complexity index is 695. The van der Waals surface area contributed by atoms with Crippen molar-refractivity contribution in [2.75, 3.05) is 5.32 Å². The number of halogens is 3. The smallest absolute Gasteiger partial charge is 0.259 e. The summed E-state index contributed by atoms with van der Waals surface area (Å²) in [7, 11) is 0. The summed E-state index contributed by atoms with van der Waals surface area (Å²) < 4.78 is 26.2. The van der Waals surface area contributed by atoms with Crippen molar-refractivity contribution >= 4 is 34.0 Å². The molecule has 0 spiro atoms. The van der Waals surface area contributed by atoms with E-state index in [0.29, 0.717) is 5.13 Å². The summed E-state index contributed by atoms with van der Waals surface area (Å²) in [4.78, 5) is 16.3. The lowest BCUT2D eigenvalue weighted by atomic mass is 9.93. The molecule has 1 aromatic carbocycles. The molecular formula is C14H13ClF2N2OS. The van der Waals surface area contributed by atoms with Gasteiger partial charge in [-0.3, -0.25) is 10.1 Å². The van der Waals surface area contributed by atoms with Gasteiger partial charge in [-0.15, -0.1) is 11.3 Å². The van der Waals surface area contributed by atoms with Crippen LogP contribution in [0.15, 0.2) is 17.5 Å². The Labute approximate surface area is 130 Å². The molecule has 0 atom stereocenters. The third kappa shape index (κ3) is 3.57. The van der Waals surface area contributed by atoms with Crippen molar-refractivity contribution in [3.05, 3.63) is 45.4 Å². The molecule has 1 amide bonds. The van der Waals surface area contributed by atoms with Gasteiger partial charge in [0.05, 0.1) is 16.3 Å². The van der Waals surface area contributed by atoms with Gasteiger partial charge in [0.1, 0.15) is 0 Å². The number of anilines is 1. The number of carbonyl (C=O) groups is 1. The standard InChI is InChI=1S/C14H13ClF2N2OS/c1-14(2,3)11-6-21-13(18-11)19-12(20)7-4-9(16)10(17)5-8(7)15/h4-6H,1-3H3,(H,18,19,20). The molecule has 3 nitrogen and oxygen atoms in total. The largest absolute Gasteiger partial charge is 0.298 e. The molecular weight excluding hydrogens is 318 g/mol. The third-order valence-electron chi connectivity index (χ3n) is 2.75. The van der Waals surface area contributed by atoms with Crippen LogP contribution >= 0.6 is 22.9 Å². The first-order valence-corrected chi connectivity index (χ1v) is 7.36. The van der Waals surface area contributed by atoms with Crippen LogP contribution < -0.4 is 5.32 Å². The van der Waals surface area contributed by atoms with E-state index in [1.54, 1.807) is 0 Å². The summed E-state index contributed by atoms with van der Waals surface area (Å²) in [5, 5.41) is 4.60. The van der Waals surface area contributed by atoms with Crippen molar-refractivity contribution in [3.8, 4) is 0 Å². The topological polar surface area (TPSA) is 42.0 Å². The van der Waals surface area contributed by atoms with Gasteiger partial charge in [0.2, 0.25) is 0 Å². The van der Waals surface area contributed by atoms with Crippen LogP contribution in [0, 0.1) is 11.6 Å². The molecule has 1 aromatic heterocycles. The molecule has 0 aliphatic rings. The van der Waals surface area contributed by atoms with Crippen molar-refractivity contribution < 1.29 is 13.6 Å². The van der Waals surface area contributed by atoms with Gasteiger partial charge in [0.25, 0.3) is 5.91 Å². The summed E-state index contributed by atoms with van der Waals surface area (Å²) >= 11 is 7.01. The Balaban J connectivity index is 2.22. The Hall–Kier alpha value is -1.53. The average molecular weight is 331 g/mol. The third-order valence-corrected chi connectivity index (χ3v) is 3.82. The van der Waals surface area contributed by atoms with Crippen LogP contribution in [0.2, 0.25) is 5.02 Å². The maximum absolute atomic E-state index is 13.2. The van der Waals surface area contributed by atoms with E-state index in [2.05, 4.69) is 10.3 Å². The van der Waals surface area contributed by atoms with Crippen molar-refractivity contribution in [1.29, 1.82) is 0 Å². The number of aromatic nitrogens is 1. The quantitative estimate of drug-likeness (QED) is 0.816. The molecule has 0 saturated carbocycles. The molecule has 1 heterocycles. The lowest BCUT2D eigenvalue weighted by Crippen LogP contribution is -2.15. The number of amides is 1. The first-order chi connectivity index (χ1) is 9.68. The second-order valence-corrected chi connectivity index (χ2v) is 6.75. The van der Waals surface area contributed by atoms with Crippen LogP contribution in [-0.2, 0) is 5.41 Å². The number of nitrogens with one attached hydrogen (secondary N) is 1. The predicted octanol–water partition coefficient (Wildman–Crippen LogP) is 4.62. The van der Waals surface area contributed by atoms with Crippen molar-refractivity contribution in [1.82, 2.24) is 4.98 Å². The van der Waals surface area contributed by atoms with Crippen LogP contribution in [0.5, 0.6) is 0 Å². The van der Waals surface area contributed by atoms with E-state index in [0.717, 1.165) is 17.8 Å². The zero-order valence-electron chi connectivity index (χ0n) is 11.6. The molecule has 0 bridgehead atoms. The van der Waals surface area contributed by atoms with Crippen LogP contribution in [0.25, 0.3) is 0 Å². The number of hydrogen-bond acceptors (Lipinski definition) is 3. The highest BCUT2D eigenvalue weighted by molar-refractivity contribution is 7.14. The van der Waals surface area contributed by atoms with Gasteiger partial charge in [0, 0.05) is 10.8 Å². The summed E-state index contributed by atoms with van der Waals surface area (Å²) in [6.45, 7) is 6.00. The first kappa shape index (κ1) is 15.9. The minimum Gasteiger partial charge on any atom is -0.298 e. The molecule has 21 heavy (non-hydrogen) atoms. The Morgan fingerprint density at radius 3 is 2.48 bits per heavy atom. The minimum absolute atomic E-state index is 0.136. The molecule has 2 aromatic rings. The zero-order valence-corrected chi connectivity index (χ0v) is 13.2. The highest BCUT2D eigenvalue weighted by atomic mass is 35.5. The summed E-state index contributed by atoms with van der Waals surface area (Å²) in [5.41, 5.74) is 0.557. The summed E-state index contributed by atoms with van der Waals surface area (Å²) in [5.74, 6) is -2.85. The molecule has 0 fully saturated rings. The van der Waals surface area contributed by atoms with E-state index in [4.69, 9.17) is 11.6 Å². The highest BCUT2D eigenvalue weighted by Crippen LogP contribution is 2.27. The highest BCUT2D eigenvalue weighted by Gasteiger charge is 2.20. The molecule has 0 aliphatic heterocycles. The second kappa shape index (κ2) is 5.69. The molecule has 7 heteroatoms. The monoisotopic (exact) mass is 330 g/mol. The Morgan fingerprint density at radius 1 is 1.29 bits per heavy atom. The van der Waals surface area contributed by atoms with Gasteiger partial charge in [-0.05, 0) is 12.1 Å². The molecule has 0 saturated heterocycles. The molecule has 1 N–H and O–H groups in total. The summed E-state index contributed by atoms with van der Waals surface area (Å²) in [6.07, 6.45) is 0. The lowest BCUT2D eigenvalue weighted by molar-refractivity contribution is 0.102. The van der Waals surface area contributed by atoms with Gasteiger partial charge in [-0.1, -0.05) is 32.4 Å². The Kier molecular flexibility index (Phi) is 4.30. The van der Waals surface area contributed by atoms with Crippen molar-refractivity contribution in [2.45, 2.75) is 26.2 Å². The van der Waals surface area contributed by atoms with E-state index >= 15 is 0 Å². The van der Waals surface area contributed by atoms with E-state index in [1.165, 1.54) is 11.3 Å². The van der Waals surface area contributed by atoms with Crippen LogP contribution in [0.3, 0.4) is 0 Å². The van der Waals surface area contributed by atoms with E-state index in [9.17, 15) is 13.6 Å². The normalized spacial score (nSPS) is 11.5. The lowest BCUT2D eigenvalue weighted by Gasteiger charge is -2.14. The first-order valence-electron chi connectivity index (χ1n) is 6.10. The van der Waals surface area contributed by atoms with Crippen LogP contribution in [0.4, 0.5) is 13.9 Å². The van der Waals surface area contributed by atoms with Gasteiger partial charge < -0.3 is 0 Å². The number of rotatable bonds is 2. The van der Waals surface area contributed by atoms with Gasteiger partial charge in [0.15, 0.2) is 16.8 Å². The van der Waals surface area contributed by atoms with E-state index < -0.39 is 17.5 Å². The zero-order chi connectivity index (χ0) is 15.8. The molecule has 0 radical (unpaired) electrons. The maximum Gasteiger partial charge on any atom is 0.259 e. The second-order valence-electron chi connectivity index (χ2n) is 5.49. The molecule has 112 valence electrons. The molecule has 2 rings (SSSR count). The molecule has 0 unspecified atom stereocenters. The van der Waals surface area contributed by atoms with Crippen LogP contribution in [-0.4, -0.2) is 10.9 Å². The number of nitrogens with zero attached hydrogens (tertiary/aromatic N) is 1. The van der Waals surface area contributed by atoms with Gasteiger partial charge >= 0.3 is 0 Å². The van der Waals surface area contributed by atoms with Crippen molar-refractivity contribution in [3.63, 3.8) is 0 Å². The summed E-state index contributed by atoms with van der Waals surface area (Å²) in [6, 6.07) is 1.54. The fourth-order valence-electron chi connectivity index (χ4n) is 1.54. The number of benzene rings is 1. The SMILES string of the molecule is CC(C)(C)c1csc(NC(=O)c2cc(F)c(F)cc2Cl)n1. The van der Waals surface area contributed by atoms with Gasteiger partial charge in [-0.2, -0.15) is 0 Å². The van der Waals surface area contributed by atoms with Gasteiger partial charge in [-0.25, -0.2) is 13.8 Å². The van der Waals surface area contributed by atoms with E-state index in [1.807, 2.05) is 26.2 Å². The van der Waals surface area contributed by atoms with E-state index in [-0.39, 0.29) is 16.0 Å². The maximum atomic E-state index is 13.2. The number of carbonyl (C=O) groups excluding carboxylic acids is 1.